The molecule has 0 aliphatic rings. The van der Waals surface area contributed by atoms with E-state index in [1.807, 2.05) is 35.7 Å². The summed E-state index contributed by atoms with van der Waals surface area (Å²) < 4.78 is 6.63. The van der Waals surface area contributed by atoms with Crippen LogP contribution < -0.4 is 10.1 Å². The molecular weight excluding hydrogens is 376 g/mol. The highest BCUT2D eigenvalue weighted by Gasteiger charge is 2.08. The monoisotopic (exact) mass is 388 g/mol. The second kappa shape index (κ2) is 7.39. The number of nitrogens with zero attached hydrogens (tertiary/aromatic N) is 1. The van der Waals surface area contributed by atoms with Gasteiger partial charge in [0.1, 0.15) is 12.4 Å². The molecule has 1 heterocycles. The zero-order chi connectivity index (χ0) is 16.1. The van der Waals surface area contributed by atoms with Crippen LogP contribution in [0.5, 0.6) is 5.75 Å². The maximum atomic E-state index is 12.3. The summed E-state index contributed by atoms with van der Waals surface area (Å²) in [5.41, 5.74) is 3.93. The molecule has 116 valence electrons. The van der Waals surface area contributed by atoms with E-state index in [1.165, 1.54) is 11.3 Å². The minimum absolute atomic E-state index is 0.175. The molecule has 1 N–H and O–H groups in total. The van der Waals surface area contributed by atoms with Crippen molar-refractivity contribution in [1.29, 1.82) is 0 Å². The minimum Gasteiger partial charge on any atom is -0.487 e. The van der Waals surface area contributed by atoms with Gasteiger partial charge in [-0.05, 0) is 42.5 Å². The number of ether oxygens (including phenoxy) is 1. The molecule has 0 fully saturated rings. The van der Waals surface area contributed by atoms with E-state index in [9.17, 15) is 4.79 Å². The van der Waals surface area contributed by atoms with Crippen molar-refractivity contribution in [2.45, 2.75) is 6.61 Å². The lowest BCUT2D eigenvalue weighted by Gasteiger charge is -2.08. The highest BCUT2D eigenvalue weighted by atomic mass is 79.9. The third-order valence-corrected chi connectivity index (χ3v) is 4.23. The molecule has 0 aliphatic carbocycles. The molecule has 1 amide bonds. The largest absolute Gasteiger partial charge is 0.487 e. The molecule has 0 saturated heterocycles. The molecule has 6 heteroatoms. The van der Waals surface area contributed by atoms with Crippen molar-refractivity contribution >= 4 is 38.9 Å². The number of thiazole rings is 1. The second-order valence-corrected chi connectivity index (χ2v) is 6.39. The molecule has 0 saturated carbocycles. The average Bonchev–Trinajstić information content (AvgIpc) is 3.09. The van der Waals surface area contributed by atoms with Crippen LogP contribution in [0.1, 0.15) is 16.1 Å². The van der Waals surface area contributed by atoms with Crippen molar-refractivity contribution in [2.24, 2.45) is 0 Å². The van der Waals surface area contributed by atoms with Crippen LogP contribution in [-0.4, -0.2) is 10.9 Å². The number of carbonyl (C=O) groups is 1. The molecule has 0 atom stereocenters. The number of amides is 1. The van der Waals surface area contributed by atoms with E-state index in [2.05, 4.69) is 26.2 Å². The number of benzene rings is 2. The third-order valence-electron chi connectivity index (χ3n) is 3.07. The predicted molar refractivity (Wildman–Crippen MR) is 95.0 cm³/mol. The first-order valence-electron chi connectivity index (χ1n) is 6.87. The van der Waals surface area contributed by atoms with E-state index in [0.29, 0.717) is 17.9 Å². The van der Waals surface area contributed by atoms with Gasteiger partial charge in [0.05, 0.1) is 11.2 Å². The van der Waals surface area contributed by atoms with Gasteiger partial charge in [0, 0.05) is 21.1 Å². The lowest BCUT2D eigenvalue weighted by Crippen LogP contribution is -2.11. The Hall–Kier alpha value is -2.18. The maximum absolute atomic E-state index is 12.3. The van der Waals surface area contributed by atoms with E-state index in [0.717, 1.165) is 15.9 Å². The first-order chi connectivity index (χ1) is 11.2. The van der Waals surface area contributed by atoms with Gasteiger partial charge in [-0.25, -0.2) is 4.98 Å². The Labute approximate surface area is 146 Å². The van der Waals surface area contributed by atoms with Crippen LogP contribution in [0.3, 0.4) is 0 Å². The smallest absolute Gasteiger partial charge is 0.255 e. The molecule has 1 aromatic heterocycles. The van der Waals surface area contributed by atoms with Crippen molar-refractivity contribution in [3.05, 3.63) is 75.2 Å². The fraction of sp³-hybridized carbons (Fsp3) is 0.0588. The summed E-state index contributed by atoms with van der Waals surface area (Å²) in [5, 5.41) is 4.79. The molecule has 3 rings (SSSR count). The van der Waals surface area contributed by atoms with Crippen molar-refractivity contribution in [3.63, 3.8) is 0 Å². The molecule has 2 aromatic carbocycles. The number of hydrogen-bond acceptors (Lipinski definition) is 4. The normalized spacial score (nSPS) is 10.3. The molecular formula is C17H13BrN2O2S. The summed E-state index contributed by atoms with van der Waals surface area (Å²) in [5.74, 6) is 0.466. The number of anilines is 1. The van der Waals surface area contributed by atoms with Gasteiger partial charge in [-0.1, -0.05) is 22.0 Å². The molecule has 23 heavy (non-hydrogen) atoms. The van der Waals surface area contributed by atoms with E-state index in [-0.39, 0.29) is 5.91 Å². The van der Waals surface area contributed by atoms with Crippen LogP contribution >= 0.6 is 27.3 Å². The highest BCUT2D eigenvalue weighted by molar-refractivity contribution is 9.10. The number of aromatic nitrogens is 1. The number of halogens is 1. The summed E-state index contributed by atoms with van der Waals surface area (Å²) in [4.78, 5) is 16.5. The van der Waals surface area contributed by atoms with Crippen molar-refractivity contribution < 1.29 is 9.53 Å². The predicted octanol–water partition coefficient (Wildman–Crippen LogP) is 4.74. The first-order valence-corrected chi connectivity index (χ1v) is 8.61. The van der Waals surface area contributed by atoms with Crippen molar-refractivity contribution in [1.82, 2.24) is 4.98 Å². The van der Waals surface area contributed by atoms with Gasteiger partial charge in [-0.15, -0.1) is 11.3 Å². The van der Waals surface area contributed by atoms with Gasteiger partial charge < -0.3 is 10.1 Å². The van der Waals surface area contributed by atoms with Crippen LogP contribution in [0.2, 0.25) is 0 Å². The Morgan fingerprint density at radius 3 is 2.78 bits per heavy atom. The quantitative estimate of drug-likeness (QED) is 0.686. The van der Waals surface area contributed by atoms with E-state index >= 15 is 0 Å². The van der Waals surface area contributed by atoms with Gasteiger partial charge in [-0.3, -0.25) is 4.79 Å². The van der Waals surface area contributed by atoms with E-state index in [4.69, 9.17) is 4.74 Å². The fourth-order valence-electron chi connectivity index (χ4n) is 1.93. The zero-order valence-electron chi connectivity index (χ0n) is 12.0. The zero-order valence-corrected chi connectivity index (χ0v) is 14.4. The Balaban J connectivity index is 1.66. The van der Waals surface area contributed by atoms with Crippen molar-refractivity contribution in [2.75, 3.05) is 5.32 Å². The van der Waals surface area contributed by atoms with Gasteiger partial charge in [0.15, 0.2) is 0 Å². The van der Waals surface area contributed by atoms with Crippen molar-refractivity contribution in [3.8, 4) is 5.75 Å². The molecule has 0 bridgehead atoms. The molecule has 4 nitrogen and oxygen atoms in total. The van der Waals surface area contributed by atoms with Gasteiger partial charge in [0.25, 0.3) is 5.91 Å². The Morgan fingerprint density at radius 2 is 2.04 bits per heavy atom. The lowest BCUT2D eigenvalue weighted by molar-refractivity contribution is 0.102. The van der Waals surface area contributed by atoms with Gasteiger partial charge in [-0.2, -0.15) is 0 Å². The molecule has 0 spiro atoms. The summed E-state index contributed by atoms with van der Waals surface area (Å²) in [6, 6.07) is 14.5. The lowest BCUT2D eigenvalue weighted by atomic mass is 10.2. The molecule has 0 unspecified atom stereocenters. The van der Waals surface area contributed by atoms with Gasteiger partial charge >= 0.3 is 0 Å². The SMILES string of the molecule is O=C(Nc1ccc(Br)cc1)c1cccc(OCc2cscn2)c1. The summed E-state index contributed by atoms with van der Waals surface area (Å²) >= 11 is 4.89. The second-order valence-electron chi connectivity index (χ2n) is 4.76. The number of hydrogen-bond donors (Lipinski definition) is 1. The van der Waals surface area contributed by atoms with Crippen LogP contribution in [0.15, 0.2) is 63.9 Å². The van der Waals surface area contributed by atoms with E-state index in [1.54, 1.807) is 23.7 Å². The van der Waals surface area contributed by atoms with Crippen LogP contribution in [0.25, 0.3) is 0 Å². The Kier molecular flexibility index (Phi) is 5.05. The number of carbonyl (C=O) groups excluding carboxylic acids is 1. The van der Waals surface area contributed by atoms with Crippen LogP contribution in [0.4, 0.5) is 5.69 Å². The highest BCUT2D eigenvalue weighted by Crippen LogP contribution is 2.18. The summed E-state index contributed by atoms with van der Waals surface area (Å²) in [6.07, 6.45) is 0. The van der Waals surface area contributed by atoms with Crippen LogP contribution in [0, 0.1) is 0 Å². The molecule has 0 radical (unpaired) electrons. The standard InChI is InChI=1S/C17H13BrN2O2S/c18-13-4-6-14(7-5-13)20-17(21)12-2-1-3-16(8-12)22-9-15-10-23-11-19-15/h1-8,10-11H,9H2,(H,20,21). The fourth-order valence-corrected chi connectivity index (χ4v) is 2.74. The third kappa shape index (κ3) is 4.40. The number of nitrogens with one attached hydrogen (secondary N) is 1. The van der Waals surface area contributed by atoms with E-state index < -0.39 is 0 Å². The number of rotatable bonds is 5. The van der Waals surface area contributed by atoms with Gasteiger partial charge in [0.2, 0.25) is 0 Å². The Bertz CT molecular complexity index is 789. The Morgan fingerprint density at radius 1 is 1.22 bits per heavy atom. The summed E-state index contributed by atoms with van der Waals surface area (Å²) in [7, 11) is 0. The molecule has 0 aliphatic heterocycles. The first kappa shape index (κ1) is 15.7. The topological polar surface area (TPSA) is 51.2 Å². The van der Waals surface area contributed by atoms with Crippen LogP contribution in [-0.2, 0) is 6.61 Å². The molecule has 3 aromatic rings. The maximum Gasteiger partial charge on any atom is 0.255 e. The minimum atomic E-state index is -0.175. The summed E-state index contributed by atoms with van der Waals surface area (Å²) in [6.45, 7) is 0.390. The average molecular weight is 389 g/mol.